The fraction of sp³-hybridized carbons (Fsp3) is 0.419. The molecule has 2 saturated heterocycles. The van der Waals surface area contributed by atoms with E-state index in [9.17, 15) is 13.2 Å². The summed E-state index contributed by atoms with van der Waals surface area (Å²) in [5.41, 5.74) is 2.55. The summed E-state index contributed by atoms with van der Waals surface area (Å²) in [4.78, 5) is 41.1. The first kappa shape index (κ1) is 33.2. The molecule has 4 aromatic rings. The number of pyridine rings is 1. The third-order valence-electron chi connectivity index (χ3n) is 7.94. The van der Waals surface area contributed by atoms with Crippen LogP contribution in [0.2, 0.25) is 0 Å². The van der Waals surface area contributed by atoms with E-state index < -0.39 is 21.8 Å². The second-order valence-electron chi connectivity index (χ2n) is 11.3. The van der Waals surface area contributed by atoms with Crippen molar-refractivity contribution in [3.63, 3.8) is 0 Å². The standard InChI is InChI=1S/C31H36FN9O6S/c1-4-47-29(42)22-17-34-30(35-18-22)40-7-5-39(6-8-40)19-21-13-23(32)15-24-26(36-31(37-27(21)24)41-9-11-46-12-10-41)20-14-25(38-48(3,43)44)28(45-2)33-16-20/h13-18,38H,4-12,19H2,1-3H3. The number of nitrogens with zero attached hydrogens (tertiary/aromatic N) is 8. The second kappa shape index (κ2) is 14.2. The lowest BCUT2D eigenvalue weighted by Crippen LogP contribution is -2.46. The summed E-state index contributed by atoms with van der Waals surface area (Å²) in [6.45, 7) is 7.16. The number of esters is 1. The molecular formula is C31H36FN9O6S. The number of fused-ring (bicyclic) bond motifs is 1. The first-order valence-corrected chi connectivity index (χ1v) is 17.3. The second-order valence-corrected chi connectivity index (χ2v) is 13.1. The van der Waals surface area contributed by atoms with Gasteiger partial charge >= 0.3 is 5.97 Å². The van der Waals surface area contributed by atoms with Gasteiger partial charge in [0.1, 0.15) is 11.5 Å². The molecule has 17 heteroatoms. The van der Waals surface area contributed by atoms with Crippen LogP contribution in [0.15, 0.2) is 36.8 Å². The Kier molecular flexibility index (Phi) is 9.79. The van der Waals surface area contributed by atoms with Crippen LogP contribution >= 0.6 is 0 Å². The van der Waals surface area contributed by atoms with Gasteiger partial charge in [0.05, 0.1) is 50.0 Å². The van der Waals surface area contributed by atoms with Crippen LogP contribution in [0.5, 0.6) is 5.88 Å². The topological polar surface area (TPSA) is 165 Å². The number of carbonyl (C=O) groups excluding carboxylic acids is 1. The Morgan fingerprint density at radius 1 is 0.958 bits per heavy atom. The van der Waals surface area contributed by atoms with Crippen LogP contribution in [0, 0.1) is 5.82 Å². The van der Waals surface area contributed by atoms with E-state index in [2.05, 4.69) is 24.6 Å². The number of aromatic nitrogens is 5. The molecule has 2 aliphatic rings. The van der Waals surface area contributed by atoms with Crippen molar-refractivity contribution in [2.24, 2.45) is 0 Å². The largest absolute Gasteiger partial charge is 0.480 e. The summed E-state index contributed by atoms with van der Waals surface area (Å²) in [7, 11) is -2.26. The average Bonchev–Trinajstić information content (AvgIpc) is 3.08. The molecule has 2 fully saturated rings. The Balaban J connectivity index is 1.31. The van der Waals surface area contributed by atoms with Gasteiger partial charge in [-0.05, 0) is 30.7 Å². The lowest BCUT2D eigenvalue weighted by Gasteiger charge is -2.35. The van der Waals surface area contributed by atoms with E-state index in [1.54, 1.807) is 13.0 Å². The molecule has 0 bridgehead atoms. The first-order chi connectivity index (χ1) is 23.1. The predicted molar refractivity (Wildman–Crippen MR) is 176 cm³/mol. The number of ether oxygens (including phenoxy) is 3. The van der Waals surface area contributed by atoms with Gasteiger partial charge in [-0.15, -0.1) is 0 Å². The highest BCUT2D eigenvalue weighted by molar-refractivity contribution is 7.92. The van der Waals surface area contributed by atoms with Crippen LogP contribution in [0.3, 0.4) is 0 Å². The minimum absolute atomic E-state index is 0.0855. The van der Waals surface area contributed by atoms with Crippen LogP contribution in [0.1, 0.15) is 22.8 Å². The molecule has 1 aromatic carbocycles. The molecule has 15 nitrogen and oxygen atoms in total. The number of hydrogen-bond donors (Lipinski definition) is 1. The van der Waals surface area contributed by atoms with Gasteiger partial charge < -0.3 is 24.0 Å². The molecule has 0 radical (unpaired) electrons. The van der Waals surface area contributed by atoms with E-state index in [0.717, 1.165) is 6.26 Å². The van der Waals surface area contributed by atoms with E-state index in [1.165, 1.54) is 37.8 Å². The minimum atomic E-state index is -3.66. The molecule has 0 aliphatic carbocycles. The van der Waals surface area contributed by atoms with Gasteiger partial charge in [-0.2, -0.15) is 0 Å². The van der Waals surface area contributed by atoms with E-state index in [0.29, 0.717) is 104 Å². The number of methoxy groups -OCH3 is 1. The maximum absolute atomic E-state index is 15.4. The molecule has 48 heavy (non-hydrogen) atoms. The highest BCUT2D eigenvalue weighted by Gasteiger charge is 2.24. The highest BCUT2D eigenvalue weighted by atomic mass is 32.2. The van der Waals surface area contributed by atoms with E-state index in [-0.39, 0.29) is 18.2 Å². The normalized spacial score (nSPS) is 15.8. The number of rotatable bonds is 10. The van der Waals surface area contributed by atoms with E-state index in [1.807, 2.05) is 9.80 Å². The van der Waals surface area contributed by atoms with Crippen LogP contribution in [-0.2, 0) is 26.0 Å². The Labute approximate surface area is 277 Å². The first-order valence-electron chi connectivity index (χ1n) is 15.4. The summed E-state index contributed by atoms with van der Waals surface area (Å²) in [6, 6.07) is 4.46. The predicted octanol–water partition coefficient (Wildman–Crippen LogP) is 2.34. The lowest BCUT2D eigenvalue weighted by atomic mass is 10.0. The summed E-state index contributed by atoms with van der Waals surface area (Å²) in [5.74, 6) is 0.141. The molecule has 1 N–H and O–H groups in total. The van der Waals surface area contributed by atoms with Crippen molar-refractivity contribution >= 4 is 44.5 Å². The maximum Gasteiger partial charge on any atom is 0.341 e. The molecule has 2 aliphatic heterocycles. The van der Waals surface area contributed by atoms with Crippen LogP contribution in [0.4, 0.5) is 22.0 Å². The third kappa shape index (κ3) is 7.53. The zero-order valence-corrected chi connectivity index (χ0v) is 27.7. The Bertz CT molecular complexity index is 1900. The number of hydrogen-bond acceptors (Lipinski definition) is 14. The van der Waals surface area contributed by atoms with Crippen molar-refractivity contribution in [1.29, 1.82) is 0 Å². The SMILES string of the molecule is CCOC(=O)c1cnc(N2CCN(Cc3cc(F)cc4c(-c5cnc(OC)c(NS(C)(=O)=O)c5)nc(N5CCOCC5)nc34)CC2)nc1. The van der Waals surface area contributed by atoms with Gasteiger partial charge in [0.15, 0.2) is 0 Å². The number of piperazine rings is 1. The summed E-state index contributed by atoms with van der Waals surface area (Å²) in [5, 5.41) is 0.466. The number of benzene rings is 1. The Morgan fingerprint density at radius 3 is 2.33 bits per heavy atom. The van der Waals surface area contributed by atoms with Gasteiger partial charge in [0.2, 0.25) is 27.8 Å². The molecule has 0 spiro atoms. The van der Waals surface area contributed by atoms with Crippen molar-refractivity contribution in [2.75, 3.05) is 87.0 Å². The van der Waals surface area contributed by atoms with Crippen molar-refractivity contribution in [2.45, 2.75) is 13.5 Å². The monoisotopic (exact) mass is 681 g/mol. The van der Waals surface area contributed by atoms with Gasteiger partial charge in [-0.1, -0.05) is 0 Å². The molecular weight excluding hydrogens is 645 g/mol. The quantitative estimate of drug-likeness (QED) is 0.243. The van der Waals surface area contributed by atoms with Crippen molar-refractivity contribution in [1.82, 2.24) is 29.8 Å². The number of sulfonamides is 1. The highest BCUT2D eigenvalue weighted by Crippen LogP contribution is 2.35. The lowest BCUT2D eigenvalue weighted by molar-refractivity contribution is 0.0525. The van der Waals surface area contributed by atoms with Gasteiger partial charge in [-0.25, -0.2) is 42.5 Å². The molecule has 0 unspecified atom stereocenters. The molecule has 0 atom stereocenters. The zero-order valence-electron chi connectivity index (χ0n) is 26.8. The van der Waals surface area contributed by atoms with E-state index in [4.69, 9.17) is 24.2 Å². The number of nitrogens with one attached hydrogen (secondary N) is 1. The molecule has 0 saturated carbocycles. The molecule has 254 valence electrons. The van der Waals surface area contributed by atoms with Crippen molar-refractivity contribution < 1.29 is 31.8 Å². The Morgan fingerprint density at radius 2 is 1.67 bits per heavy atom. The fourth-order valence-corrected chi connectivity index (χ4v) is 6.21. The smallest absolute Gasteiger partial charge is 0.341 e. The van der Waals surface area contributed by atoms with Gasteiger partial charge in [-0.3, -0.25) is 9.62 Å². The fourth-order valence-electron chi connectivity index (χ4n) is 5.67. The van der Waals surface area contributed by atoms with E-state index >= 15 is 4.39 Å². The average molecular weight is 682 g/mol. The van der Waals surface area contributed by atoms with Gasteiger partial charge in [0.25, 0.3) is 0 Å². The number of carbonyl (C=O) groups is 1. The molecule has 5 heterocycles. The number of anilines is 3. The summed E-state index contributed by atoms with van der Waals surface area (Å²) >= 11 is 0. The van der Waals surface area contributed by atoms with Crippen LogP contribution in [-0.4, -0.2) is 117 Å². The zero-order chi connectivity index (χ0) is 33.8. The van der Waals surface area contributed by atoms with Gasteiger partial charge in [0, 0.05) is 75.4 Å². The third-order valence-corrected chi connectivity index (χ3v) is 8.53. The minimum Gasteiger partial charge on any atom is -0.480 e. The molecule has 6 rings (SSSR count). The van der Waals surface area contributed by atoms with Crippen LogP contribution < -0.4 is 19.3 Å². The van der Waals surface area contributed by atoms with Crippen molar-refractivity contribution in [3.05, 3.63) is 53.7 Å². The maximum atomic E-state index is 15.4. The summed E-state index contributed by atoms with van der Waals surface area (Å²) in [6.07, 6.45) is 5.48. The Hall–Kier alpha value is -4.74. The molecule has 3 aromatic heterocycles. The van der Waals surface area contributed by atoms with Crippen molar-refractivity contribution in [3.8, 4) is 17.1 Å². The summed E-state index contributed by atoms with van der Waals surface area (Å²) < 4.78 is 57.9. The number of morpholine rings is 1. The number of halogens is 1. The molecule has 0 amide bonds. The van der Waals surface area contributed by atoms with Crippen LogP contribution in [0.25, 0.3) is 22.2 Å².